The van der Waals surface area contributed by atoms with Crippen molar-refractivity contribution in [1.29, 1.82) is 0 Å². The van der Waals surface area contributed by atoms with Gasteiger partial charge in [0.15, 0.2) is 4.88 Å². The van der Waals surface area contributed by atoms with Gasteiger partial charge in [0.05, 0.1) is 0 Å². The van der Waals surface area contributed by atoms with Crippen LogP contribution in [0.3, 0.4) is 0 Å². The van der Waals surface area contributed by atoms with Crippen LogP contribution >= 0.6 is 11.3 Å². The number of ether oxygens (including phenoxy) is 1. The Kier molecular flexibility index (Phi) is 6.07. The maximum absolute atomic E-state index is 11.1. The fraction of sp³-hybridized carbons (Fsp3) is 0.421. The van der Waals surface area contributed by atoms with Gasteiger partial charge in [-0.3, -0.25) is 0 Å². The van der Waals surface area contributed by atoms with Gasteiger partial charge in [0.2, 0.25) is 0 Å². The van der Waals surface area contributed by atoms with Crippen molar-refractivity contribution in [3.8, 4) is 5.75 Å². The van der Waals surface area contributed by atoms with Crippen LogP contribution in [0, 0.1) is 0 Å². The van der Waals surface area contributed by atoms with E-state index in [-0.39, 0.29) is 11.5 Å². The minimum absolute atomic E-state index is 0.107. The van der Waals surface area contributed by atoms with Crippen molar-refractivity contribution < 1.29 is 19.7 Å². The molecule has 2 heterocycles. The van der Waals surface area contributed by atoms with Gasteiger partial charge < -0.3 is 19.8 Å². The number of aliphatic hydroxyl groups is 1. The summed E-state index contributed by atoms with van der Waals surface area (Å²) in [5.41, 5.74) is 1.39. The topological polar surface area (TPSA) is 70.0 Å². The van der Waals surface area contributed by atoms with Crippen LogP contribution in [0.5, 0.6) is 5.75 Å². The highest BCUT2D eigenvalue weighted by Gasteiger charge is 2.22. The number of piperidine rings is 1. The number of rotatable bonds is 7. The van der Waals surface area contributed by atoms with E-state index in [4.69, 9.17) is 9.84 Å². The molecule has 1 aromatic carbocycles. The zero-order chi connectivity index (χ0) is 17.6. The number of thiophene rings is 1. The molecule has 3 rings (SSSR count). The third-order valence-corrected chi connectivity index (χ3v) is 5.47. The highest BCUT2D eigenvalue weighted by molar-refractivity contribution is 7.12. The van der Waals surface area contributed by atoms with E-state index in [0.717, 1.165) is 37.3 Å². The van der Waals surface area contributed by atoms with E-state index >= 15 is 0 Å². The Morgan fingerprint density at radius 1 is 1.24 bits per heavy atom. The average molecular weight is 361 g/mol. The molecule has 2 aromatic rings. The Bertz CT molecular complexity index is 680. The molecule has 0 spiro atoms. The fourth-order valence-corrected chi connectivity index (χ4v) is 3.95. The average Bonchev–Trinajstić information content (AvgIpc) is 3.10. The Labute approximate surface area is 151 Å². The number of hydrogen-bond acceptors (Lipinski definition) is 5. The van der Waals surface area contributed by atoms with Gasteiger partial charge in [0, 0.05) is 6.54 Å². The van der Waals surface area contributed by atoms with Crippen molar-refractivity contribution in [3.05, 3.63) is 52.2 Å². The van der Waals surface area contributed by atoms with E-state index < -0.39 is 12.1 Å². The van der Waals surface area contributed by atoms with E-state index in [1.165, 1.54) is 5.56 Å². The number of nitrogens with zero attached hydrogens (tertiary/aromatic N) is 1. The molecule has 1 aliphatic heterocycles. The lowest BCUT2D eigenvalue weighted by molar-refractivity contribution is 0.0574. The summed E-state index contributed by atoms with van der Waals surface area (Å²) in [6, 6.07) is 12.2. The molecule has 1 saturated heterocycles. The molecule has 1 aromatic heterocycles. The summed E-state index contributed by atoms with van der Waals surface area (Å²) in [6.07, 6.45) is 1.55. The molecule has 2 N–H and O–H groups in total. The number of benzene rings is 1. The molecule has 134 valence electrons. The summed E-state index contributed by atoms with van der Waals surface area (Å²) < 4.78 is 5.49. The maximum Gasteiger partial charge on any atom is 0.349 e. The predicted molar refractivity (Wildman–Crippen MR) is 97.6 cm³/mol. The van der Waals surface area contributed by atoms with Gasteiger partial charge >= 0.3 is 5.97 Å². The van der Waals surface area contributed by atoms with Crippen LogP contribution in [0.4, 0.5) is 0 Å². The number of carboxylic acids is 1. The monoisotopic (exact) mass is 361 g/mol. The smallest absolute Gasteiger partial charge is 0.349 e. The molecule has 6 heteroatoms. The third kappa shape index (κ3) is 4.81. The zero-order valence-electron chi connectivity index (χ0n) is 14.0. The van der Waals surface area contributed by atoms with Crippen molar-refractivity contribution in [3.63, 3.8) is 0 Å². The molecular formula is C19H23NO4S. The van der Waals surface area contributed by atoms with Crippen molar-refractivity contribution in [2.75, 3.05) is 26.2 Å². The maximum atomic E-state index is 11.1. The lowest BCUT2D eigenvalue weighted by Gasteiger charge is -2.33. The van der Waals surface area contributed by atoms with Crippen LogP contribution in [0.25, 0.3) is 0 Å². The first kappa shape index (κ1) is 17.9. The zero-order valence-corrected chi connectivity index (χ0v) is 14.8. The SMILES string of the molecule is O=C(O)c1sccc1OCC(O)CN1CCC(c2ccccc2)CC1. The van der Waals surface area contributed by atoms with E-state index in [2.05, 4.69) is 29.2 Å². The fourth-order valence-electron chi connectivity index (χ4n) is 3.28. The summed E-state index contributed by atoms with van der Waals surface area (Å²) in [4.78, 5) is 13.5. The normalized spacial score (nSPS) is 17.3. The number of carboxylic acid groups (broad SMARTS) is 1. The number of aliphatic hydroxyl groups excluding tert-OH is 1. The summed E-state index contributed by atoms with van der Waals surface area (Å²) in [6.45, 7) is 2.56. The molecule has 5 nitrogen and oxygen atoms in total. The van der Waals surface area contributed by atoms with Gasteiger partial charge in [0.1, 0.15) is 18.5 Å². The van der Waals surface area contributed by atoms with E-state index in [0.29, 0.717) is 18.2 Å². The Morgan fingerprint density at radius 2 is 1.96 bits per heavy atom. The largest absolute Gasteiger partial charge is 0.489 e. The lowest BCUT2D eigenvalue weighted by atomic mass is 9.89. The second-order valence-corrected chi connectivity index (χ2v) is 7.29. The van der Waals surface area contributed by atoms with Crippen LogP contribution in [0.1, 0.15) is 34.0 Å². The van der Waals surface area contributed by atoms with Crippen molar-refractivity contribution in [1.82, 2.24) is 4.90 Å². The molecule has 0 radical (unpaired) electrons. The van der Waals surface area contributed by atoms with E-state index in [1.54, 1.807) is 11.4 Å². The third-order valence-electron chi connectivity index (χ3n) is 4.58. The van der Waals surface area contributed by atoms with Gasteiger partial charge in [-0.1, -0.05) is 30.3 Å². The Morgan fingerprint density at radius 3 is 2.64 bits per heavy atom. The standard InChI is InChI=1S/C19H23NO4S/c21-16(13-24-17-8-11-25-18(17)19(22)23)12-20-9-6-15(7-10-20)14-4-2-1-3-5-14/h1-5,8,11,15-16,21H,6-7,9-10,12-13H2,(H,22,23). The molecule has 1 fully saturated rings. The number of β-amino-alcohol motifs (C(OH)–C–C–N with tert-alkyl or cyclic N) is 1. The first-order valence-corrected chi connectivity index (χ1v) is 9.40. The molecule has 25 heavy (non-hydrogen) atoms. The van der Waals surface area contributed by atoms with Gasteiger partial charge in [-0.2, -0.15) is 0 Å². The summed E-state index contributed by atoms with van der Waals surface area (Å²) in [5, 5.41) is 20.9. The van der Waals surface area contributed by atoms with Crippen molar-refractivity contribution >= 4 is 17.3 Å². The van der Waals surface area contributed by atoms with Crippen molar-refractivity contribution in [2.24, 2.45) is 0 Å². The minimum Gasteiger partial charge on any atom is -0.489 e. The highest BCUT2D eigenvalue weighted by Crippen LogP contribution is 2.28. The Hall–Kier alpha value is -1.89. The first-order valence-electron chi connectivity index (χ1n) is 8.52. The van der Waals surface area contributed by atoms with Crippen LogP contribution in [-0.2, 0) is 0 Å². The first-order chi connectivity index (χ1) is 12.1. The van der Waals surface area contributed by atoms with Gasteiger partial charge in [0.25, 0.3) is 0 Å². The van der Waals surface area contributed by atoms with Crippen LogP contribution in [-0.4, -0.2) is 53.4 Å². The van der Waals surface area contributed by atoms with Gasteiger partial charge in [-0.25, -0.2) is 4.79 Å². The summed E-state index contributed by atoms with van der Waals surface area (Å²) >= 11 is 1.13. The van der Waals surface area contributed by atoms with Crippen LogP contribution in [0.2, 0.25) is 0 Å². The highest BCUT2D eigenvalue weighted by atomic mass is 32.1. The molecule has 0 saturated carbocycles. The predicted octanol–water partition coefficient (Wildman–Crippen LogP) is 3.07. The molecule has 1 aliphatic rings. The number of likely N-dealkylation sites (tertiary alicyclic amines) is 1. The summed E-state index contributed by atoms with van der Waals surface area (Å²) in [5.74, 6) is -0.0726. The van der Waals surface area contributed by atoms with Crippen molar-refractivity contribution in [2.45, 2.75) is 24.9 Å². The molecule has 1 unspecified atom stereocenters. The van der Waals surface area contributed by atoms with Crippen LogP contribution < -0.4 is 4.74 Å². The molecule has 0 bridgehead atoms. The molecular weight excluding hydrogens is 338 g/mol. The summed E-state index contributed by atoms with van der Waals surface area (Å²) in [7, 11) is 0. The molecule has 0 aliphatic carbocycles. The molecule has 1 atom stereocenters. The van der Waals surface area contributed by atoms with Crippen LogP contribution in [0.15, 0.2) is 41.8 Å². The second kappa shape index (κ2) is 8.47. The number of carbonyl (C=O) groups is 1. The second-order valence-electron chi connectivity index (χ2n) is 6.37. The van der Waals surface area contributed by atoms with E-state index in [1.807, 2.05) is 6.07 Å². The quantitative estimate of drug-likeness (QED) is 0.793. The number of hydrogen-bond donors (Lipinski definition) is 2. The Balaban J connectivity index is 1.43. The van der Waals surface area contributed by atoms with E-state index in [9.17, 15) is 9.90 Å². The van der Waals surface area contributed by atoms with Gasteiger partial charge in [-0.15, -0.1) is 11.3 Å². The minimum atomic E-state index is -0.998. The molecule has 0 amide bonds. The number of aromatic carboxylic acids is 1. The lowest BCUT2D eigenvalue weighted by Crippen LogP contribution is -2.40. The van der Waals surface area contributed by atoms with Gasteiger partial charge in [-0.05, 0) is 48.9 Å².